The normalized spacial score (nSPS) is 16.8. The molecule has 0 radical (unpaired) electrons. The Kier molecular flexibility index (Phi) is 23.5. The molecule has 15 nitrogen and oxygen atoms in total. The van der Waals surface area contributed by atoms with Crippen LogP contribution in [0.15, 0.2) is 66.7 Å². The van der Waals surface area contributed by atoms with Gasteiger partial charge in [-0.1, -0.05) is 133 Å². The van der Waals surface area contributed by atoms with Crippen molar-refractivity contribution in [2.45, 2.75) is 166 Å². The number of likely N-dealkylation sites (N-methyl/N-ethyl adjacent to an activating group) is 2. The monoisotopic (exact) mass is 969 g/mol. The van der Waals surface area contributed by atoms with Gasteiger partial charge in [0.2, 0.25) is 23.6 Å². The third-order valence-electron chi connectivity index (χ3n) is 13.5. The van der Waals surface area contributed by atoms with Gasteiger partial charge in [0, 0.05) is 63.2 Å². The zero-order valence-electron chi connectivity index (χ0n) is 41.6. The number of phenolic OH excluding ortho intramolecular Hbond substituents is 2. The molecule has 15 heteroatoms. The highest BCUT2D eigenvalue weighted by Crippen LogP contribution is 2.39. The van der Waals surface area contributed by atoms with E-state index in [1.54, 1.807) is 0 Å². The third kappa shape index (κ3) is 17.4. The summed E-state index contributed by atoms with van der Waals surface area (Å²) in [6.45, 7) is 3.02. The zero-order valence-corrected chi connectivity index (χ0v) is 41.6. The molecule has 6 N–H and O–H groups in total. The smallest absolute Gasteiger partial charge is 0.326 e. The highest BCUT2D eigenvalue weighted by molar-refractivity contribution is 5.97. The number of nitrogens with one attached hydrogen (secondary N) is 2. The van der Waals surface area contributed by atoms with Crippen LogP contribution >= 0.6 is 0 Å². The number of carbonyl (C=O) groups excluding carboxylic acids is 6. The molecule has 0 spiro atoms. The predicted molar refractivity (Wildman–Crippen MR) is 268 cm³/mol. The van der Waals surface area contributed by atoms with Crippen molar-refractivity contribution >= 4 is 41.2 Å². The summed E-state index contributed by atoms with van der Waals surface area (Å²) in [5, 5.41) is 47.4. The summed E-state index contributed by atoms with van der Waals surface area (Å²) in [6.07, 6.45) is 14.6. The molecule has 4 amide bonds. The first kappa shape index (κ1) is 56.5. The Balaban J connectivity index is 1.44. The molecule has 382 valence electrons. The Morgan fingerprint density at radius 2 is 1.31 bits per heavy atom. The van der Waals surface area contributed by atoms with Crippen molar-refractivity contribution in [3.63, 3.8) is 0 Å². The molecule has 0 saturated heterocycles. The lowest BCUT2D eigenvalue weighted by atomic mass is 9.89. The number of aromatic hydroxyl groups is 2. The summed E-state index contributed by atoms with van der Waals surface area (Å²) in [4.78, 5) is 97.3. The van der Waals surface area contributed by atoms with E-state index in [-0.39, 0.29) is 66.2 Å². The quantitative estimate of drug-likeness (QED) is 0.0405. The number of carboxylic acid groups (broad SMARTS) is 1. The highest BCUT2D eigenvalue weighted by Gasteiger charge is 2.35. The minimum Gasteiger partial charge on any atom is -0.507 e. The van der Waals surface area contributed by atoms with E-state index < -0.39 is 78.4 Å². The number of phenols is 2. The number of unbranched alkanes of at least 4 members (excludes halogenated alkanes) is 12. The SMILES string of the molecule is CCCCCCCCCCCCCCCC(=O)N(C)[C@H](CO)C(=O)N[C@H](CCc1ccccc1)C(=O)CCC(=O)N(C)[C@@H]1C(=O)C[C@@H](C)C(=O)N[C@H](C(=O)O)Cc2ccc(O)c(c2)-c2cc1ccc2O. The second kappa shape index (κ2) is 29.2. The van der Waals surface area contributed by atoms with E-state index in [0.717, 1.165) is 29.7 Å². The van der Waals surface area contributed by atoms with Crippen LogP contribution in [-0.2, 0) is 46.4 Å². The number of hydrogen-bond acceptors (Lipinski definition) is 10. The number of rotatable bonds is 27. The molecule has 0 aliphatic carbocycles. The lowest BCUT2D eigenvalue weighted by Gasteiger charge is -2.30. The molecule has 0 unspecified atom stereocenters. The van der Waals surface area contributed by atoms with Gasteiger partial charge < -0.3 is 40.9 Å². The maximum Gasteiger partial charge on any atom is 0.326 e. The van der Waals surface area contributed by atoms with Gasteiger partial charge >= 0.3 is 5.97 Å². The zero-order chi connectivity index (χ0) is 51.2. The summed E-state index contributed by atoms with van der Waals surface area (Å²) >= 11 is 0. The molecule has 0 fully saturated rings. The molecule has 4 rings (SSSR count). The van der Waals surface area contributed by atoms with E-state index in [1.807, 2.05) is 30.3 Å². The van der Waals surface area contributed by atoms with Crippen LogP contribution < -0.4 is 10.6 Å². The standard InChI is InChI=1S/C55H76N4O11/c1-5-6-7-8-9-10-11-12-13-14-15-16-20-23-50(65)58(3)45(36-60)54(68)56-43(27-24-38-21-18-17-19-22-38)48(63)30-31-51(66)59(4)52-40-26-29-47(62)42(35-40)41-33-39(25-28-46(41)61)34-44(55(69)70)57-53(67)37(2)32-49(52)64/h17-19,21-22,25-26,28-29,33,35,37,43-45,52,60-62H,5-16,20,23-24,27,30-32,34,36H2,1-4H3,(H,56,68)(H,57,67)(H,69,70)/t37-,43-,44+,45-,52+/m1/s1. The van der Waals surface area contributed by atoms with Crippen LogP contribution in [0.25, 0.3) is 11.1 Å². The Bertz CT molecular complexity index is 2220. The second-order valence-corrected chi connectivity index (χ2v) is 19.0. The minimum absolute atomic E-state index is 0.108. The van der Waals surface area contributed by atoms with Gasteiger partial charge in [-0.05, 0) is 60.2 Å². The fourth-order valence-corrected chi connectivity index (χ4v) is 9.03. The molecule has 1 aliphatic rings. The number of amides is 4. The van der Waals surface area contributed by atoms with Gasteiger partial charge in [-0.3, -0.25) is 28.8 Å². The van der Waals surface area contributed by atoms with E-state index in [2.05, 4.69) is 17.6 Å². The van der Waals surface area contributed by atoms with Gasteiger partial charge in [0.05, 0.1) is 12.6 Å². The summed E-state index contributed by atoms with van der Waals surface area (Å²) in [5.74, 6) is -6.24. The number of fused-ring (bicyclic) bond motifs is 5. The summed E-state index contributed by atoms with van der Waals surface area (Å²) < 4.78 is 0. The van der Waals surface area contributed by atoms with Crippen LogP contribution in [0.3, 0.4) is 0 Å². The predicted octanol–water partition coefficient (Wildman–Crippen LogP) is 7.75. The Morgan fingerprint density at radius 1 is 0.729 bits per heavy atom. The van der Waals surface area contributed by atoms with Crippen LogP contribution in [0.5, 0.6) is 11.5 Å². The van der Waals surface area contributed by atoms with E-state index in [0.29, 0.717) is 18.4 Å². The maximum atomic E-state index is 14.2. The van der Waals surface area contributed by atoms with Gasteiger partial charge in [-0.25, -0.2) is 4.79 Å². The number of aliphatic hydroxyl groups excluding tert-OH is 1. The Morgan fingerprint density at radius 3 is 1.91 bits per heavy atom. The van der Waals surface area contributed by atoms with E-state index in [1.165, 1.54) is 120 Å². The summed E-state index contributed by atoms with van der Waals surface area (Å²) in [6, 6.07) is 12.8. The van der Waals surface area contributed by atoms with Gasteiger partial charge in [-0.2, -0.15) is 0 Å². The summed E-state index contributed by atoms with van der Waals surface area (Å²) in [5.41, 5.74) is 1.81. The molecule has 5 atom stereocenters. The fourth-order valence-electron chi connectivity index (χ4n) is 9.03. The molecule has 3 aromatic rings. The lowest BCUT2D eigenvalue weighted by Crippen LogP contribution is -2.53. The van der Waals surface area contributed by atoms with Crippen molar-refractivity contribution in [1.29, 1.82) is 0 Å². The largest absolute Gasteiger partial charge is 0.507 e. The van der Waals surface area contributed by atoms with E-state index in [9.17, 15) is 54.0 Å². The molecule has 70 heavy (non-hydrogen) atoms. The van der Waals surface area contributed by atoms with Gasteiger partial charge in [-0.15, -0.1) is 0 Å². The average Bonchev–Trinajstić information content (AvgIpc) is 3.34. The first-order valence-electron chi connectivity index (χ1n) is 25.3. The van der Waals surface area contributed by atoms with E-state index in [4.69, 9.17) is 0 Å². The number of benzene rings is 3. The number of Topliss-reactive ketones (excluding diaryl/α,β-unsaturated/α-hetero) is 2. The van der Waals surface area contributed by atoms with Crippen molar-refractivity contribution in [3.05, 3.63) is 83.4 Å². The molecule has 1 heterocycles. The first-order valence-corrected chi connectivity index (χ1v) is 25.3. The van der Waals surface area contributed by atoms with Crippen LogP contribution in [0.2, 0.25) is 0 Å². The fraction of sp³-hybridized carbons (Fsp3) is 0.545. The number of carboxylic acids is 1. The lowest BCUT2D eigenvalue weighted by molar-refractivity contribution is -0.143. The molecule has 0 saturated carbocycles. The Hall–Kier alpha value is -6.09. The van der Waals surface area contributed by atoms with E-state index >= 15 is 0 Å². The third-order valence-corrected chi connectivity index (χ3v) is 13.5. The first-order chi connectivity index (χ1) is 33.6. The topological polar surface area (TPSA) is 231 Å². The number of nitrogens with zero attached hydrogens (tertiary/aromatic N) is 2. The van der Waals surface area contributed by atoms with Crippen LogP contribution in [0, 0.1) is 5.92 Å². The highest BCUT2D eigenvalue weighted by atomic mass is 16.4. The van der Waals surface area contributed by atoms with Crippen molar-refractivity contribution in [2.75, 3.05) is 20.7 Å². The number of ketones is 2. The van der Waals surface area contributed by atoms with Crippen molar-refractivity contribution in [1.82, 2.24) is 20.4 Å². The second-order valence-electron chi connectivity index (χ2n) is 19.0. The average molecular weight is 969 g/mol. The Labute approximate surface area is 413 Å². The molecule has 1 aliphatic heterocycles. The number of aryl methyl sites for hydroxylation is 1. The van der Waals surface area contributed by atoms with Crippen LogP contribution in [0.4, 0.5) is 0 Å². The number of aliphatic hydroxyl groups is 1. The van der Waals surface area contributed by atoms with Gasteiger partial charge in [0.15, 0.2) is 11.6 Å². The minimum atomic E-state index is -1.37. The van der Waals surface area contributed by atoms with Crippen molar-refractivity contribution in [3.8, 4) is 22.6 Å². The number of aliphatic carboxylic acids is 1. The molecule has 4 bridgehead atoms. The molecule has 0 aromatic heterocycles. The number of hydrogen-bond donors (Lipinski definition) is 6. The van der Waals surface area contributed by atoms with Gasteiger partial charge in [0.25, 0.3) is 0 Å². The summed E-state index contributed by atoms with van der Waals surface area (Å²) in [7, 11) is 2.84. The van der Waals surface area contributed by atoms with Crippen molar-refractivity contribution < 1.29 is 54.0 Å². The number of carbonyl (C=O) groups is 7. The van der Waals surface area contributed by atoms with Crippen LogP contribution in [-0.4, -0.2) is 110 Å². The maximum absolute atomic E-state index is 14.2. The molecule has 3 aromatic carbocycles. The molecular weight excluding hydrogens is 893 g/mol. The van der Waals surface area contributed by atoms with Crippen molar-refractivity contribution in [2.24, 2.45) is 5.92 Å². The van der Waals surface area contributed by atoms with Crippen LogP contribution in [0.1, 0.15) is 152 Å². The van der Waals surface area contributed by atoms with Gasteiger partial charge in [0.1, 0.15) is 29.6 Å². The molecular formula is C55H76N4O11.